The monoisotopic (exact) mass is 349 g/mol. The Balaban J connectivity index is 1.65. The van der Waals surface area contributed by atoms with E-state index in [2.05, 4.69) is 10.1 Å². The highest BCUT2D eigenvalue weighted by Gasteiger charge is 2.39. The number of aromatic nitrogens is 3. The molecule has 2 atom stereocenters. The maximum atomic E-state index is 13.0. The van der Waals surface area contributed by atoms with Crippen molar-refractivity contribution in [3.8, 4) is 0 Å². The summed E-state index contributed by atoms with van der Waals surface area (Å²) in [5.74, 6) is 0.0215. The number of carbonyl (C=O) groups is 2. The Morgan fingerprint density at radius 2 is 1.92 bits per heavy atom. The number of rotatable bonds is 2. The van der Waals surface area contributed by atoms with Crippen LogP contribution < -0.4 is 0 Å². The van der Waals surface area contributed by atoms with Gasteiger partial charge in [0.2, 0.25) is 5.91 Å². The molecule has 0 spiro atoms. The zero-order valence-electron chi connectivity index (χ0n) is 15.2. The average Bonchev–Trinajstić information content (AvgIpc) is 3.24. The van der Waals surface area contributed by atoms with Crippen LogP contribution in [0.1, 0.15) is 52.5 Å². The highest BCUT2D eigenvalue weighted by Crippen LogP contribution is 2.26. The molecule has 1 aromatic heterocycles. The van der Waals surface area contributed by atoms with Crippen LogP contribution in [0.15, 0.2) is 12.7 Å². The molecule has 2 fully saturated rings. The Morgan fingerprint density at radius 3 is 2.60 bits per heavy atom. The molecule has 0 saturated carbocycles. The number of likely N-dealkylation sites (tertiary alicyclic amines) is 2. The summed E-state index contributed by atoms with van der Waals surface area (Å²) < 4.78 is 7.28. The molecule has 0 bridgehead atoms. The number of amides is 2. The van der Waals surface area contributed by atoms with Gasteiger partial charge in [-0.1, -0.05) is 0 Å². The summed E-state index contributed by atoms with van der Waals surface area (Å²) in [7, 11) is 0. The summed E-state index contributed by atoms with van der Waals surface area (Å²) in [5.41, 5.74) is -0.559. The van der Waals surface area contributed by atoms with Gasteiger partial charge < -0.3 is 9.64 Å². The van der Waals surface area contributed by atoms with Crippen LogP contribution in [0.4, 0.5) is 4.79 Å². The van der Waals surface area contributed by atoms with E-state index in [1.165, 1.54) is 6.33 Å². The van der Waals surface area contributed by atoms with Gasteiger partial charge in [0.05, 0.1) is 6.04 Å². The van der Waals surface area contributed by atoms with Gasteiger partial charge in [-0.15, -0.1) is 0 Å². The van der Waals surface area contributed by atoms with Crippen molar-refractivity contribution in [2.75, 3.05) is 19.6 Å². The van der Waals surface area contributed by atoms with Crippen LogP contribution in [-0.4, -0.2) is 67.8 Å². The molecule has 0 aliphatic carbocycles. The molecule has 3 rings (SSSR count). The van der Waals surface area contributed by atoms with Gasteiger partial charge in [0.1, 0.15) is 24.3 Å². The molecule has 2 aliphatic rings. The average molecular weight is 349 g/mol. The number of nitrogens with zero attached hydrogens (tertiary/aromatic N) is 5. The molecule has 2 unspecified atom stereocenters. The molecule has 8 nitrogen and oxygen atoms in total. The molecule has 2 saturated heterocycles. The van der Waals surface area contributed by atoms with E-state index < -0.39 is 17.7 Å². The molecule has 2 amide bonds. The molecule has 1 aromatic rings. The number of ether oxygens (including phenoxy) is 1. The fourth-order valence-corrected chi connectivity index (χ4v) is 3.55. The summed E-state index contributed by atoms with van der Waals surface area (Å²) in [6, 6.07) is -0.263. The molecular formula is C17H27N5O3. The van der Waals surface area contributed by atoms with E-state index in [1.807, 2.05) is 30.4 Å². The molecule has 2 aliphatic heterocycles. The first-order chi connectivity index (χ1) is 11.8. The smallest absolute Gasteiger partial charge is 0.410 e. The van der Waals surface area contributed by atoms with E-state index in [9.17, 15) is 9.59 Å². The second-order valence-corrected chi connectivity index (χ2v) is 7.79. The molecule has 0 radical (unpaired) electrons. The van der Waals surface area contributed by atoms with E-state index in [4.69, 9.17) is 4.74 Å². The van der Waals surface area contributed by atoms with E-state index in [-0.39, 0.29) is 11.9 Å². The third-order valence-electron chi connectivity index (χ3n) is 4.68. The second-order valence-electron chi connectivity index (χ2n) is 7.79. The van der Waals surface area contributed by atoms with Crippen molar-refractivity contribution in [1.29, 1.82) is 0 Å². The lowest BCUT2D eigenvalue weighted by atomic mass is 10.0. The van der Waals surface area contributed by atoms with Crippen molar-refractivity contribution in [3.63, 3.8) is 0 Å². The van der Waals surface area contributed by atoms with Crippen molar-refractivity contribution in [3.05, 3.63) is 12.7 Å². The van der Waals surface area contributed by atoms with Crippen molar-refractivity contribution >= 4 is 12.0 Å². The van der Waals surface area contributed by atoms with Crippen molar-refractivity contribution in [2.45, 2.75) is 64.1 Å². The van der Waals surface area contributed by atoms with Gasteiger partial charge >= 0.3 is 6.09 Å². The third kappa shape index (κ3) is 4.11. The topological polar surface area (TPSA) is 80.6 Å². The van der Waals surface area contributed by atoms with Crippen LogP contribution in [-0.2, 0) is 9.53 Å². The summed E-state index contributed by atoms with van der Waals surface area (Å²) in [5, 5.41) is 4.20. The first kappa shape index (κ1) is 17.7. The maximum Gasteiger partial charge on any atom is 0.410 e. The minimum atomic E-state index is -0.559. The van der Waals surface area contributed by atoms with Gasteiger partial charge in [-0.2, -0.15) is 5.10 Å². The SMILES string of the molecule is CC(C)(C)OC(=O)N1CCCC1C(=O)N1CCCC(n2cncn2)C1. The van der Waals surface area contributed by atoms with E-state index in [1.54, 1.807) is 11.2 Å². The van der Waals surface area contributed by atoms with Gasteiger partial charge in [-0.25, -0.2) is 14.5 Å². The Hall–Kier alpha value is -2.12. The third-order valence-corrected chi connectivity index (χ3v) is 4.68. The standard InChI is InChI=1S/C17H27N5O3/c1-17(2,3)25-16(24)21-9-5-7-14(21)15(23)20-8-4-6-13(10-20)22-12-18-11-19-22/h11-14H,4-10H2,1-3H3. The number of carbonyl (C=O) groups excluding carboxylic acids is 2. The summed E-state index contributed by atoms with van der Waals surface area (Å²) in [4.78, 5) is 32.9. The van der Waals surface area contributed by atoms with Gasteiger partial charge in [0, 0.05) is 19.6 Å². The van der Waals surface area contributed by atoms with Crippen LogP contribution in [0, 0.1) is 0 Å². The molecule has 0 N–H and O–H groups in total. The minimum Gasteiger partial charge on any atom is -0.444 e. The molecular weight excluding hydrogens is 322 g/mol. The van der Waals surface area contributed by atoms with Crippen LogP contribution in [0.3, 0.4) is 0 Å². The lowest BCUT2D eigenvalue weighted by Gasteiger charge is -2.36. The molecule has 3 heterocycles. The Morgan fingerprint density at radius 1 is 1.16 bits per heavy atom. The zero-order valence-corrected chi connectivity index (χ0v) is 15.2. The number of hydrogen-bond acceptors (Lipinski definition) is 5. The summed E-state index contributed by atoms with van der Waals surface area (Å²) in [6.45, 7) is 7.43. The van der Waals surface area contributed by atoms with Crippen molar-refractivity contribution < 1.29 is 14.3 Å². The Bertz CT molecular complexity index is 610. The number of hydrogen-bond donors (Lipinski definition) is 0. The maximum absolute atomic E-state index is 13.0. The van der Waals surface area contributed by atoms with Gasteiger partial charge in [-0.05, 0) is 46.5 Å². The molecule has 25 heavy (non-hydrogen) atoms. The second kappa shape index (κ2) is 7.01. The predicted molar refractivity (Wildman–Crippen MR) is 90.8 cm³/mol. The molecule has 0 aromatic carbocycles. The van der Waals surface area contributed by atoms with E-state index >= 15 is 0 Å². The number of piperidine rings is 1. The Labute approximate surface area is 148 Å². The summed E-state index contributed by atoms with van der Waals surface area (Å²) >= 11 is 0. The van der Waals surface area contributed by atoms with Crippen LogP contribution in [0.5, 0.6) is 0 Å². The fourth-order valence-electron chi connectivity index (χ4n) is 3.55. The van der Waals surface area contributed by atoms with Crippen LogP contribution in [0.25, 0.3) is 0 Å². The zero-order chi connectivity index (χ0) is 18.0. The quantitative estimate of drug-likeness (QED) is 0.814. The van der Waals surface area contributed by atoms with E-state index in [0.717, 1.165) is 25.8 Å². The van der Waals surface area contributed by atoms with Gasteiger partial charge in [0.25, 0.3) is 0 Å². The lowest BCUT2D eigenvalue weighted by molar-refractivity contribution is -0.137. The largest absolute Gasteiger partial charge is 0.444 e. The van der Waals surface area contributed by atoms with Crippen molar-refractivity contribution in [1.82, 2.24) is 24.6 Å². The fraction of sp³-hybridized carbons (Fsp3) is 0.765. The highest BCUT2D eigenvalue weighted by atomic mass is 16.6. The highest BCUT2D eigenvalue weighted by molar-refractivity contribution is 5.86. The van der Waals surface area contributed by atoms with Crippen LogP contribution in [0.2, 0.25) is 0 Å². The minimum absolute atomic E-state index is 0.0215. The molecule has 138 valence electrons. The van der Waals surface area contributed by atoms with Gasteiger partial charge in [-0.3, -0.25) is 9.69 Å². The molecule has 8 heteroatoms. The summed E-state index contributed by atoms with van der Waals surface area (Å²) in [6.07, 6.45) is 6.25. The first-order valence-electron chi connectivity index (χ1n) is 8.98. The normalized spacial score (nSPS) is 24.4. The van der Waals surface area contributed by atoms with Crippen LogP contribution >= 0.6 is 0 Å². The lowest BCUT2D eigenvalue weighted by Crippen LogP contribution is -2.51. The van der Waals surface area contributed by atoms with Gasteiger partial charge in [0.15, 0.2) is 0 Å². The van der Waals surface area contributed by atoms with Crippen molar-refractivity contribution in [2.24, 2.45) is 0 Å². The predicted octanol–water partition coefficient (Wildman–Crippen LogP) is 1.84. The Kier molecular flexibility index (Phi) is 4.96. The first-order valence-corrected chi connectivity index (χ1v) is 8.98. The van der Waals surface area contributed by atoms with E-state index in [0.29, 0.717) is 19.5 Å².